The van der Waals surface area contributed by atoms with Gasteiger partial charge >= 0.3 is 5.97 Å². The number of aliphatic hydroxyl groups excluding tert-OH is 1. The molecule has 0 fully saturated rings. The van der Waals surface area contributed by atoms with Crippen LogP contribution in [0.5, 0.6) is 0 Å². The lowest BCUT2D eigenvalue weighted by Crippen LogP contribution is -2.36. The Hall–Kier alpha value is -2.67. The summed E-state index contributed by atoms with van der Waals surface area (Å²) in [5, 5.41) is 21.4. The van der Waals surface area contributed by atoms with Gasteiger partial charge in [0, 0.05) is 6.54 Å². The summed E-state index contributed by atoms with van der Waals surface area (Å²) in [6.07, 6.45) is 6.37. The molecule has 1 aliphatic rings. The van der Waals surface area contributed by atoms with E-state index in [2.05, 4.69) is 17.5 Å². The van der Waals surface area contributed by atoms with Gasteiger partial charge in [0.2, 0.25) is 0 Å². The molecule has 6 heteroatoms. The molecule has 152 valence electrons. The Morgan fingerprint density at radius 3 is 2.52 bits per heavy atom. The van der Waals surface area contributed by atoms with Gasteiger partial charge in [-0.2, -0.15) is 13.5 Å². The minimum atomic E-state index is -0.868. The number of hydrogen-bond donors (Lipinski definition) is 3. The number of carbonyl (C=O) groups excluding carboxylic acids is 1. The molecule has 29 heavy (non-hydrogen) atoms. The van der Waals surface area contributed by atoms with Gasteiger partial charge in [0.05, 0.1) is 0 Å². The lowest BCUT2D eigenvalue weighted by atomic mass is 9.99. The summed E-state index contributed by atoms with van der Waals surface area (Å²) in [7, 11) is 0. The normalized spacial score (nSPS) is 13.5. The highest BCUT2D eigenvalue weighted by Crippen LogP contribution is 2.30. The zero-order valence-corrected chi connectivity index (χ0v) is 17.0. The van der Waals surface area contributed by atoms with Crippen LogP contribution in [0.15, 0.2) is 60.7 Å². The number of nitrogens with one attached hydrogen (secondary N) is 1. The van der Waals surface area contributed by atoms with Gasteiger partial charge in [-0.15, -0.1) is 0 Å². The number of ketones is 1. The molecule has 0 heterocycles. The first-order valence-electron chi connectivity index (χ1n) is 9.21. The van der Waals surface area contributed by atoms with Crippen molar-refractivity contribution in [3.63, 3.8) is 0 Å². The molecule has 0 spiro atoms. The highest BCUT2D eigenvalue weighted by Gasteiger charge is 2.22. The largest absolute Gasteiger partial charge is 0.480 e. The number of fused-ring (bicyclic) bond motifs is 1. The number of benzene rings is 2. The SMILES string of the molecule is O=C(/C=C/c1ccc(CN[C@@H](CC2=CCc3ccccc32)C(=O)O)cc1)CO.S. The number of allylic oxidation sites excluding steroid dienone is 1. The van der Waals surface area contributed by atoms with Crippen molar-refractivity contribution in [2.75, 3.05) is 6.61 Å². The lowest BCUT2D eigenvalue weighted by Gasteiger charge is -2.16. The Morgan fingerprint density at radius 1 is 1.10 bits per heavy atom. The molecular formula is C23H25NO4S. The van der Waals surface area contributed by atoms with Crippen LogP contribution in [0.3, 0.4) is 0 Å². The van der Waals surface area contributed by atoms with Crippen LogP contribution in [0, 0.1) is 0 Å². The molecule has 2 aromatic rings. The number of carboxylic acid groups (broad SMARTS) is 1. The molecule has 1 aliphatic carbocycles. The third kappa shape index (κ3) is 6.15. The van der Waals surface area contributed by atoms with Crippen molar-refractivity contribution in [2.24, 2.45) is 0 Å². The van der Waals surface area contributed by atoms with E-state index in [-0.39, 0.29) is 19.3 Å². The molecule has 3 N–H and O–H groups in total. The molecule has 0 amide bonds. The molecular weight excluding hydrogens is 386 g/mol. The predicted octanol–water partition coefficient (Wildman–Crippen LogP) is 2.95. The van der Waals surface area contributed by atoms with E-state index in [9.17, 15) is 14.7 Å². The first-order chi connectivity index (χ1) is 13.6. The summed E-state index contributed by atoms with van der Waals surface area (Å²) in [6.45, 7) is -0.0680. The number of rotatable bonds is 9. The van der Waals surface area contributed by atoms with Crippen LogP contribution in [-0.2, 0) is 22.6 Å². The summed E-state index contributed by atoms with van der Waals surface area (Å²) >= 11 is 0. The number of hydrogen-bond acceptors (Lipinski definition) is 4. The molecule has 5 nitrogen and oxygen atoms in total. The molecule has 2 aromatic carbocycles. The number of carboxylic acids is 1. The number of aliphatic hydroxyl groups is 1. The van der Waals surface area contributed by atoms with E-state index < -0.39 is 18.6 Å². The Bertz CT molecular complexity index is 919. The summed E-state index contributed by atoms with van der Waals surface area (Å²) in [4.78, 5) is 22.8. The molecule has 0 unspecified atom stereocenters. The van der Waals surface area contributed by atoms with Gasteiger partial charge in [0.1, 0.15) is 12.6 Å². The zero-order valence-electron chi connectivity index (χ0n) is 16.0. The minimum Gasteiger partial charge on any atom is -0.480 e. The molecule has 0 saturated heterocycles. The van der Waals surface area contributed by atoms with E-state index in [1.54, 1.807) is 6.08 Å². The second-order valence-corrected chi connectivity index (χ2v) is 6.77. The van der Waals surface area contributed by atoms with Gasteiger partial charge in [0.15, 0.2) is 5.78 Å². The maximum atomic E-state index is 11.7. The van der Waals surface area contributed by atoms with Crippen molar-refractivity contribution in [2.45, 2.75) is 25.4 Å². The van der Waals surface area contributed by atoms with E-state index in [0.717, 1.165) is 28.7 Å². The molecule has 0 aromatic heterocycles. The van der Waals surface area contributed by atoms with Gasteiger partial charge in [-0.1, -0.05) is 60.7 Å². The smallest absolute Gasteiger partial charge is 0.321 e. The second-order valence-electron chi connectivity index (χ2n) is 6.77. The summed E-state index contributed by atoms with van der Waals surface area (Å²) < 4.78 is 0. The van der Waals surface area contributed by atoms with Crippen molar-refractivity contribution in [3.8, 4) is 0 Å². The highest BCUT2D eigenvalue weighted by molar-refractivity contribution is 7.59. The first kappa shape index (κ1) is 22.6. The highest BCUT2D eigenvalue weighted by atomic mass is 32.1. The van der Waals surface area contributed by atoms with E-state index in [4.69, 9.17) is 5.11 Å². The predicted molar refractivity (Wildman–Crippen MR) is 119 cm³/mol. The molecule has 0 bridgehead atoms. The Morgan fingerprint density at radius 2 is 1.83 bits per heavy atom. The minimum absolute atomic E-state index is 0. The van der Waals surface area contributed by atoms with Crippen LogP contribution in [-0.4, -0.2) is 34.6 Å². The number of carbonyl (C=O) groups is 2. The first-order valence-corrected chi connectivity index (χ1v) is 9.21. The van der Waals surface area contributed by atoms with Crippen molar-refractivity contribution < 1.29 is 19.8 Å². The number of aliphatic carboxylic acids is 1. The van der Waals surface area contributed by atoms with Crippen molar-refractivity contribution in [3.05, 3.63) is 82.9 Å². The topological polar surface area (TPSA) is 86.6 Å². The third-order valence-electron chi connectivity index (χ3n) is 4.80. The Balaban J connectivity index is 0.00000300. The molecule has 1 atom stereocenters. The van der Waals surface area contributed by atoms with Gasteiger partial charge in [0.25, 0.3) is 0 Å². The van der Waals surface area contributed by atoms with Crippen molar-refractivity contribution >= 4 is 36.9 Å². The summed E-state index contributed by atoms with van der Waals surface area (Å²) in [6, 6.07) is 14.9. The Labute approximate surface area is 177 Å². The van der Waals surface area contributed by atoms with E-state index in [1.807, 2.05) is 42.5 Å². The summed E-state index contributed by atoms with van der Waals surface area (Å²) in [5.41, 5.74) is 5.25. The maximum absolute atomic E-state index is 11.7. The molecule has 0 radical (unpaired) electrons. The standard InChI is InChI=1S/C23H23NO4.H2S/c25-15-20(26)12-9-16-5-7-17(8-6-16)14-24-22(23(27)28)13-19-11-10-18-3-1-2-4-21(18)19;/h1-9,11-12,22,24-25H,10,13-15H2,(H,27,28);1H2/b12-9+;/t22-;/m0./s1. The van der Waals surface area contributed by atoms with Gasteiger partial charge in [-0.05, 0) is 46.7 Å². The average molecular weight is 412 g/mol. The third-order valence-corrected chi connectivity index (χ3v) is 4.80. The van der Waals surface area contributed by atoms with Crippen LogP contribution in [0.25, 0.3) is 11.6 Å². The van der Waals surface area contributed by atoms with Crippen LogP contribution >= 0.6 is 13.5 Å². The van der Waals surface area contributed by atoms with E-state index in [0.29, 0.717) is 13.0 Å². The fraction of sp³-hybridized carbons (Fsp3) is 0.217. The second kappa shape index (κ2) is 10.8. The zero-order chi connectivity index (χ0) is 19.9. The van der Waals surface area contributed by atoms with Crippen LogP contribution < -0.4 is 5.32 Å². The Kier molecular flexibility index (Phi) is 8.39. The van der Waals surface area contributed by atoms with E-state index >= 15 is 0 Å². The fourth-order valence-electron chi connectivity index (χ4n) is 3.24. The average Bonchev–Trinajstić information content (AvgIpc) is 3.12. The van der Waals surface area contributed by atoms with E-state index in [1.165, 1.54) is 11.6 Å². The molecule has 0 saturated carbocycles. The van der Waals surface area contributed by atoms with Gasteiger partial charge in [-0.25, -0.2) is 0 Å². The summed E-state index contributed by atoms with van der Waals surface area (Å²) in [5.74, 6) is -1.22. The maximum Gasteiger partial charge on any atom is 0.321 e. The van der Waals surface area contributed by atoms with Crippen LogP contribution in [0.4, 0.5) is 0 Å². The molecule has 0 aliphatic heterocycles. The van der Waals surface area contributed by atoms with Gasteiger partial charge in [-0.3, -0.25) is 9.59 Å². The lowest BCUT2D eigenvalue weighted by molar-refractivity contribution is -0.139. The van der Waals surface area contributed by atoms with Gasteiger partial charge < -0.3 is 15.5 Å². The van der Waals surface area contributed by atoms with Crippen LogP contribution in [0.1, 0.15) is 28.7 Å². The van der Waals surface area contributed by atoms with Crippen molar-refractivity contribution in [1.29, 1.82) is 0 Å². The monoisotopic (exact) mass is 411 g/mol. The molecule has 3 rings (SSSR count). The quantitative estimate of drug-likeness (QED) is 0.553. The fourth-order valence-corrected chi connectivity index (χ4v) is 3.24. The van der Waals surface area contributed by atoms with Crippen molar-refractivity contribution in [1.82, 2.24) is 5.32 Å². The van der Waals surface area contributed by atoms with Crippen LogP contribution in [0.2, 0.25) is 0 Å².